The van der Waals surface area contributed by atoms with Crippen molar-refractivity contribution in [1.82, 2.24) is 0 Å². The highest BCUT2D eigenvalue weighted by Gasteiger charge is 2.11. The molecule has 2 unspecified atom stereocenters. The van der Waals surface area contributed by atoms with E-state index in [0.29, 0.717) is 5.92 Å². The van der Waals surface area contributed by atoms with Gasteiger partial charge in [0.1, 0.15) is 11.5 Å². The highest BCUT2D eigenvalue weighted by molar-refractivity contribution is 5.42. The average Bonchev–Trinajstić information content (AvgIpc) is 2.36. The summed E-state index contributed by atoms with van der Waals surface area (Å²) in [6.07, 6.45) is 2.36. The molecule has 0 aromatic heterocycles. The lowest BCUT2D eigenvalue weighted by molar-refractivity contribution is 0.247. The summed E-state index contributed by atoms with van der Waals surface area (Å²) in [5.41, 5.74) is 6.98. The number of benzene rings is 1. The molecule has 2 N–H and O–H groups in total. The minimum absolute atomic E-state index is 0.0348. The van der Waals surface area contributed by atoms with Crippen LogP contribution in [0.4, 0.5) is 0 Å². The van der Waals surface area contributed by atoms with Gasteiger partial charge >= 0.3 is 0 Å². The second kappa shape index (κ2) is 7.27. The number of nitrogens with two attached hydrogens (primary N) is 1. The Morgan fingerprint density at radius 3 is 2.56 bits per heavy atom. The normalized spacial score (nSPS) is 14.1. The molecule has 0 saturated heterocycles. The minimum Gasteiger partial charge on any atom is -0.497 e. The molecule has 2 atom stereocenters. The van der Waals surface area contributed by atoms with Crippen molar-refractivity contribution in [2.45, 2.75) is 39.7 Å². The maximum absolute atomic E-state index is 5.95. The molecule has 0 bridgehead atoms. The predicted octanol–water partition coefficient (Wildman–Crippen LogP) is 3.53. The van der Waals surface area contributed by atoms with E-state index in [-0.39, 0.29) is 6.04 Å². The maximum atomic E-state index is 5.95. The molecule has 0 spiro atoms. The summed E-state index contributed by atoms with van der Waals surface area (Å²) in [7, 11) is 1.66. The van der Waals surface area contributed by atoms with Crippen LogP contribution in [0.15, 0.2) is 18.2 Å². The van der Waals surface area contributed by atoms with Crippen LogP contribution in [-0.4, -0.2) is 13.7 Å². The van der Waals surface area contributed by atoms with Crippen molar-refractivity contribution < 1.29 is 9.47 Å². The largest absolute Gasteiger partial charge is 0.497 e. The summed E-state index contributed by atoms with van der Waals surface area (Å²) in [6, 6.07) is 5.77. The van der Waals surface area contributed by atoms with E-state index in [0.717, 1.165) is 23.7 Å². The van der Waals surface area contributed by atoms with Crippen molar-refractivity contribution in [1.29, 1.82) is 0 Å². The second-order valence-electron chi connectivity index (χ2n) is 4.90. The summed E-state index contributed by atoms with van der Waals surface area (Å²) in [6.45, 7) is 7.08. The van der Waals surface area contributed by atoms with Crippen LogP contribution in [0.1, 0.15) is 45.2 Å². The highest BCUT2D eigenvalue weighted by atomic mass is 16.5. The van der Waals surface area contributed by atoms with E-state index in [1.165, 1.54) is 12.8 Å². The Hall–Kier alpha value is -1.22. The van der Waals surface area contributed by atoms with Crippen LogP contribution in [0.3, 0.4) is 0 Å². The molecule has 0 aliphatic rings. The van der Waals surface area contributed by atoms with E-state index in [4.69, 9.17) is 15.2 Å². The quantitative estimate of drug-likeness (QED) is 0.806. The van der Waals surface area contributed by atoms with Crippen molar-refractivity contribution in [3.8, 4) is 11.5 Å². The topological polar surface area (TPSA) is 44.5 Å². The van der Waals surface area contributed by atoms with Crippen molar-refractivity contribution >= 4 is 0 Å². The Morgan fingerprint density at radius 1 is 1.28 bits per heavy atom. The molecule has 1 aromatic rings. The number of ether oxygens (including phenoxy) is 2. The van der Waals surface area contributed by atoms with E-state index in [1.54, 1.807) is 7.11 Å². The molecule has 0 fully saturated rings. The van der Waals surface area contributed by atoms with Gasteiger partial charge in [-0.2, -0.15) is 0 Å². The Kier molecular flexibility index (Phi) is 5.99. The SMILES string of the molecule is CCCC(C)COc1cc(OC)ccc1C(C)N. The van der Waals surface area contributed by atoms with Crippen LogP contribution in [0, 0.1) is 5.92 Å². The Balaban J connectivity index is 2.77. The molecular weight excluding hydrogens is 226 g/mol. The van der Waals surface area contributed by atoms with Crippen molar-refractivity contribution in [2.24, 2.45) is 11.7 Å². The first-order chi connectivity index (χ1) is 8.58. The van der Waals surface area contributed by atoms with Gasteiger partial charge in [-0.3, -0.25) is 0 Å². The first-order valence-electron chi connectivity index (χ1n) is 6.64. The van der Waals surface area contributed by atoms with Crippen LogP contribution < -0.4 is 15.2 Å². The number of hydrogen-bond donors (Lipinski definition) is 1. The van der Waals surface area contributed by atoms with Gasteiger partial charge in [-0.25, -0.2) is 0 Å². The number of methoxy groups -OCH3 is 1. The zero-order valence-electron chi connectivity index (χ0n) is 11.9. The lowest BCUT2D eigenvalue weighted by Gasteiger charge is -2.17. The summed E-state index contributed by atoms with van der Waals surface area (Å²) < 4.78 is 11.1. The summed E-state index contributed by atoms with van der Waals surface area (Å²) >= 11 is 0. The first kappa shape index (κ1) is 14.8. The van der Waals surface area contributed by atoms with Gasteiger partial charge in [-0.1, -0.05) is 26.3 Å². The zero-order valence-corrected chi connectivity index (χ0v) is 11.9. The molecule has 3 heteroatoms. The lowest BCUT2D eigenvalue weighted by atomic mass is 10.1. The van der Waals surface area contributed by atoms with Gasteiger partial charge in [-0.15, -0.1) is 0 Å². The molecular formula is C15H25NO2. The Labute approximate surface area is 110 Å². The van der Waals surface area contributed by atoms with E-state index < -0.39 is 0 Å². The second-order valence-corrected chi connectivity index (χ2v) is 4.90. The van der Waals surface area contributed by atoms with E-state index >= 15 is 0 Å². The third-order valence-corrected chi connectivity index (χ3v) is 3.02. The van der Waals surface area contributed by atoms with Gasteiger partial charge in [0.2, 0.25) is 0 Å². The molecule has 1 rings (SSSR count). The monoisotopic (exact) mass is 251 g/mol. The summed E-state index contributed by atoms with van der Waals surface area (Å²) in [5.74, 6) is 2.20. The van der Waals surface area contributed by atoms with Gasteiger partial charge in [0.05, 0.1) is 13.7 Å². The zero-order chi connectivity index (χ0) is 13.5. The molecule has 0 amide bonds. The molecule has 1 aromatic carbocycles. The fraction of sp³-hybridized carbons (Fsp3) is 0.600. The Bertz CT molecular complexity index is 364. The minimum atomic E-state index is -0.0348. The van der Waals surface area contributed by atoms with E-state index in [2.05, 4.69) is 13.8 Å². The van der Waals surface area contributed by atoms with Gasteiger partial charge in [-0.05, 0) is 25.3 Å². The molecule has 102 valence electrons. The third kappa shape index (κ3) is 4.22. The standard InChI is InChI=1S/C15H25NO2/c1-5-6-11(2)10-18-15-9-13(17-4)7-8-14(15)12(3)16/h7-9,11-12H,5-6,10,16H2,1-4H3. The number of rotatable bonds is 7. The van der Waals surface area contributed by atoms with Gasteiger partial charge < -0.3 is 15.2 Å². The number of hydrogen-bond acceptors (Lipinski definition) is 3. The lowest BCUT2D eigenvalue weighted by Crippen LogP contribution is -2.12. The Morgan fingerprint density at radius 2 is 2.00 bits per heavy atom. The van der Waals surface area contributed by atoms with Crippen LogP contribution in [0.2, 0.25) is 0 Å². The van der Waals surface area contributed by atoms with Crippen molar-refractivity contribution in [3.63, 3.8) is 0 Å². The molecule has 0 aliphatic heterocycles. The molecule has 0 saturated carbocycles. The van der Waals surface area contributed by atoms with Crippen molar-refractivity contribution in [2.75, 3.05) is 13.7 Å². The summed E-state index contributed by atoms with van der Waals surface area (Å²) in [5, 5.41) is 0. The summed E-state index contributed by atoms with van der Waals surface area (Å²) in [4.78, 5) is 0. The van der Waals surface area contributed by atoms with E-state index in [9.17, 15) is 0 Å². The average molecular weight is 251 g/mol. The molecule has 0 radical (unpaired) electrons. The third-order valence-electron chi connectivity index (χ3n) is 3.02. The van der Waals surface area contributed by atoms with Crippen LogP contribution in [0.5, 0.6) is 11.5 Å². The molecule has 18 heavy (non-hydrogen) atoms. The fourth-order valence-electron chi connectivity index (χ4n) is 1.95. The first-order valence-corrected chi connectivity index (χ1v) is 6.64. The van der Waals surface area contributed by atoms with Gasteiger partial charge in [0.25, 0.3) is 0 Å². The highest BCUT2D eigenvalue weighted by Crippen LogP contribution is 2.29. The van der Waals surface area contributed by atoms with Gasteiger partial charge in [0.15, 0.2) is 0 Å². The molecule has 0 aliphatic carbocycles. The smallest absolute Gasteiger partial charge is 0.127 e. The predicted molar refractivity (Wildman–Crippen MR) is 75.2 cm³/mol. The van der Waals surface area contributed by atoms with Crippen LogP contribution in [0.25, 0.3) is 0 Å². The van der Waals surface area contributed by atoms with Gasteiger partial charge in [0, 0.05) is 17.7 Å². The van der Waals surface area contributed by atoms with E-state index in [1.807, 2.05) is 25.1 Å². The maximum Gasteiger partial charge on any atom is 0.127 e. The van der Waals surface area contributed by atoms with Crippen LogP contribution >= 0.6 is 0 Å². The van der Waals surface area contributed by atoms with Crippen LogP contribution in [-0.2, 0) is 0 Å². The fourth-order valence-corrected chi connectivity index (χ4v) is 1.95. The van der Waals surface area contributed by atoms with Crippen molar-refractivity contribution in [3.05, 3.63) is 23.8 Å². The molecule has 0 heterocycles. The molecule has 3 nitrogen and oxygen atoms in total.